The van der Waals surface area contributed by atoms with Crippen molar-refractivity contribution in [1.29, 1.82) is 0 Å². The monoisotopic (exact) mass is 379 g/mol. The molecule has 1 amide bonds. The average Bonchev–Trinajstić information content (AvgIpc) is 2.98. The molecule has 8 nitrogen and oxygen atoms in total. The van der Waals surface area contributed by atoms with Crippen molar-refractivity contribution in [3.8, 4) is 0 Å². The van der Waals surface area contributed by atoms with Gasteiger partial charge in [-0.2, -0.15) is 4.31 Å². The van der Waals surface area contributed by atoms with Crippen molar-refractivity contribution in [3.05, 3.63) is 48.3 Å². The fourth-order valence-electron chi connectivity index (χ4n) is 2.27. The number of likely N-dealkylation sites (N-methyl/N-ethyl adjacent to an activating group) is 1. The lowest BCUT2D eigenvalue weighted by atomic mass is 10.3. The Morgan fingerprint density at radius 3 is 2.50 bits per heavy atom. The van der Waals surface area contributed by atoms with Crippen molar-refractivity contribution in [2.24, 2.45) is 7.05 Å². The fourth-order valence-corrected chi connectivity index (χ4v) is 3.47. The van der Waals surface area contributed by atoms with E-state index >= 15 is 0 Å². The van der Waals surface area contributed by atoms with E-state index in [1.165, 1.54) is 23.9 Å². The summed E-state index contributed by atoms with van der Waals surface area (Å²) in [4.78, 5) is 23.8. The number of amides is 1. The number of rotatable bonds is 7. The summed E-state index contributed by atoms with van der Waals surface area (Å²) < 4.78 is 32.5. The lowest BCUT2D eigenvalue weighted by Crippen LogP contribution is -2.34. The summed E-state index contributed by atoms with van der Waals surface area (Å²) in [6.45, 7) is 1.49. The van der Waals surface area contributed by atoms with E-state index in [2.05, 4.69) is 5.32 Å². The minimum absolute atomic E-state index is 0.0851. The zero-order chi connectivity index (χ0) is 19.3. The number of benzene rings is 1. The largest absolute Gasteiger partial charge is 0.461 e. The van der Waals surface area contributed by atoms with Crippen LogP contribution in [-0.2, 0) is 26.6 Å². The maximum absolute atomic E-state index is 12.6. The van der Waals surface area contributed by atoms with Gasteiger partial charge in [-0.15, -0.1) is 0 Å². The number of anilines is 1. The topological polar surface area (TPSA) is 97.7 Å². The highest BCUT2D eigenvalue weighted by molar-refractivity contribution is 7.89. The van der Waals surface area contributed by atoms with E-state index in [-0.39, 0.29) is 23.7 Å². The van der Waals surface area contributed by atoms with Gasteiger partial charge in [0, 0.05) is 26.0 Å². The van der Waals surface area contributed by atoms with Crippen molar-refractivity contribution in [1.82, 2.24) is 8.87 Å². The van der Waals surface area contributed by atoms with Gasteiger partial charge < -0.3 is 14.6 Å². The summed E-state index contributed by atoms with van der Waals surface area (Å²) in [6.07, 6.45) is 1.31. The molecule has 140 valence electrons. The Morgan fingerprint density at radius 1 is 1.23 bits per heavy atom. The van der Waals surface area contributed by atoms with E-state index in [1.807, 2.05) is 6.07 Å². The van der Waals surface area contributed by atoms with Crippen LogP contribution in [0.2, 0.25) is 0 Å². The highest BCUT2D eigenvalue weighted by Gasteiger charge is 2.26. The fraction of sp³-hybridized carbons (Fsp3) is 0.294. The number of aryl methyl sites for hydroxylation is 1. The molecule has 0 unspecified atom stereocenters. The quantitative estimate of drug-likeness (QED) is 0.735. The molecule has 1 aromatic heterocycles. The molecule has 0 aliphatic heterocycles. The third-order valence-corrected chi connectivity index (χ3v) is 5.37. The lowest BCUT2D eigenvalue weighted by Gasteiger charge is -2.16. The Kier molecular flexibility index (Phi) is 6.17. The number of sulfonamides is 1. The summed E-state index contributed by atoms with van der Waals surface area (Å²) in [5.41, 5.74) is 0.695. The van der Waals surface area contributed by atoms with Gasteiger partial charge in [-0.25, -0.2) is 13.2 Å². The van der Waals surface area contributed by atoms with Crippen molar-refractivity contribution >= 4 is 27.6 Å². The maximum atomic E-state index is 12.6. The number of carbonyl (C=O) groups is 2. The minimum atomic E-state index is -3.93. The maximum Gasteiger partial charge on any atom is 0.354 e. The Bertz CT molecular complexity index is 890. The number of esters is 1. The number of hydrogen-bond donors (Lipinski definition) is 1. The van der Waals surface area contributed by atoms with Gasteiger partial charge in [-0.05, 0) is 25.1 Å². The van der Waals surface area contributed by atoms with Crippen LogP contribution in [0.4, 0.5) is 5.69 Å². The van der Waals surface area contributed by atoms with Crippen molar-refractivity contribution in [2.75, 3.05) is 25.5 Å². The van der Waals surface area contributed by atoms with Crippen LogP contribution < -0.4 is 5.32 Å². The zero-order valence-electron chi connectivity index (χ0n) is 14.8. The van der Waals surface area contributed by atoms with Gasteiger partial charge in [0.05, 0.1) is 13.2 Å². The molecule has 0 saturated carbocycles. The molecule has 1 heterocycles. The van der Waals surface area contributed by atoms with E-state index < -0.39 is 21.9 Å². The molecular weight excluding hydrogens is 358 g/mol. The molecule has 0 bridgehead atoms. The first-order chi connectivity index (χ1) is 12.3. The minimum Gasteiger partial charge on any atom is -0.461 e. The number of hydrogen-bond acceptors (Lipinski definition) is 5. The van der Waals surface area contributed by atoms with Crippen LogP contribution in [0.5, 0.6) is 0 Å². The van der Waals surface area contributed by atoms with Crippen LogP contribution in [-0.4, -0.2) is 49.4 Å². The molecular formula is C17H21N3O5S. The van der Waals surface area contributed by atoms with E-state index in [0.29, 0.717) is 5.69 Å². The molecule has 0 aliphatic rings. The zero-order valence-corrected chi connectivity index (χ0v) is 15.6. The number of para-hydroxylation sites is 1. The SMILES string of the molecule is CCOC(=O)c1cc(S(=O)(=O)N(C)CC(=O)Nc2ccccc2)cn1C. The van der Waals surface area contributed by atoms with Gasteiger partial charge in [0.1, 0.15) is 10.6 Å². The number of carbonyl (C=O) groups excluding carboxylic acids is 2. The van der Waals surface area contributed by atoms with E-state index in [1.54, 1.807) is 38.2 Å². The summed E-state index contributed by atoms with van der Waals surface area (Å²) >= 11 is 0. The normalized spacial score (nSPS) is 11.4. The molecule has 1 N–H and O–H groups in total. The molecule has 0 saturated heterocycles. The molecule has 2 rings (SSSR count). The van der Waals surface area contributed by atoms with Crippen LogP contribution in [0.15, 0.2) is 47.5 Å². The van der Waals surface area contributed by atoms with Crippen LogP contribution >= 0.6 is 0 Å². The first-order valence-electron chi connectivity index (χ1n) is 7.90. The Labute approximate surface area is 152 Å². The highest BCUT2D eigenvalue weighted by Crippen LogP contribution is 2.18. The van der Waals surface area contributed by atoms with Gasteiger partial charge in [0.25, 0.3) is 0 Å². The third kappa shape index (κ3) is 4.50. The van der Waals surface area contributed by atoms with E-state index in [0.717, 1.165) is 4.31 Å². The van der Waals surface area contributed by atoms with Crippen LogP contribution in [0.3, 0.4) is 0 Å². The first-order valence-corrected chi connectivity index (χ1v) is 9.34. The Balaban J connectivity index is 2.12. The lowest BCUT2D eigenvalue weighted by molar-refractivity contribution is -0.116. The number of nitrogens with one attached hydrogen (secondary N) is 1. The van der Waals surface area contributed by atoms with Crippen LogP contribution in [0.1, 0.15) is 17.4 Å². The van der Waals surface area contributed by atoms with Gasteiger partial charge in [0.2, 0.25) is 15.9 Å². The number of aromatic nitrogens is 1. The second kappa shape index (κ2) is 8.15. The van der Waals surface area contributed by atoms with Crippen molar-refractivity contribution < 1.29 is 22.7 Å². The molecule has 1 aromatic carbocycles. The smallest absolute Gasteiger partial charge is 0.354 e. The summed E-state index contributed by atoms with van der Waals surface area (Å²) in [5.74, 6) is -1.08. The predicted octanol–water partition coefficient (Wildman–Crippen LogP) is 1.46. The number of ether oxygens (including phenoxy) is 1. The first kappa shape index (κ1) is 19.7. The van der Waals surface area contributed by atoms with Gasteiger partial charge in [-0.1, -0.05) is 18.2 Å². The summed E-state index contributed by atoms with van der Waals surface area (Å²) in [7, 11) is -1.08. The van der Waals surface area contributed by atoms with Gasteiger partial charge >= 0.3 is 5.97 Å². The second-order valence-electron chi connectivity index (χ2n) is 5.57. The highest BCUT2D eigenvalue weighted by atomic mass is 32.2. The molecule has 0 aliphatic carbocycles. The average molecular weight is 379 g/mol. The van der Waals surface area contributed by atoms with Crippen LogP contribution in [0.25, 0.3) is 0 Å². The Morgan fingerprint density at radius 2 is 1.88 bits per heavy atom. The van der Waals surface area contributed by atoms with Gasteiger partial charge in [-0.3, -0.25) is 4.79 Å². The molecule has 0 atom stereocenters. The third-order valence-electron chi connectivity index (χ3n) is 3.60. The van der Waals surface area contributed by atoms with Crippen molar-refractivity contribution in [3.63, 3.8) is 0 Å². The standard InChI is InChI=1S/C17H21N3O5S/c1-4-25-17(22)15-10-14(11-19(15)2)26(23,24)20(3)12-16(21)18-13-8-6-5-7-9-13/h5-11H,4,12H2,1-3H3,(H,18,21). The summed E-state index contributed by atoms with van der Waals surface area (Å²) in [6, 6.07) is 9.97. The molecule has 2 aromatic rings. The molecule has 9 heteroatoms. The molecule has 0 radical (unpaired) electrons. The molecule has 0 fully saturated rings. The second-order valence-corrected chi connectivity index (χ2v) is 7.61. The molecule has 26 heavy (non-hydrogen) atoms. The number of nitrogens with zero attached hydrogens (tertiary/aromatic N) is 2. The van der Waals surface area contributed by atoms with Crippen LogP contribution in [0, 0.1) is 0 Å². The van der Waals surface area contributed by atoms with E-state index in [9.17, 15) is 18.0 Å². The molecule has 0 spiro atoms. The van der Waals surface area contributed by atoms with E-state index in [4.69, 9.17) is 4.74 Å². The predicted molar refractivity (Wildman–Crippen MR) is 96.3 cm³/mol. The Hall–Kier alpha value is -2.65. The summed E-state index contributed by atoms with van der Waals surface area (Å²) in [5, 5.41) is 2.62. The van der Waals surface area contributed by atoms with Crippen molar-refractivity contribution in [2.45, 2.75) is 11.8 Å². The van der Waals surface area contributed by atoms with Gasteiger partial charge in [0.15, 0.2) is 0 Å².